The quantitative estimate of drug-likeness (QED) is 0.681. The molecule has 1 aliphatic rings. The second kappa shape index (κ2) is 5.20. The van der Waals surface area contributed by atoms with Crippen molar-refractivity contribution < 1.29 is 14.3 Å². The Labute approximate surface area is 85.2 Å². The van der Waals surface area contributed by atoms with Crippen LogP contribution in [0.2, 0.25) is 0 Å². The molecule has 14 heavy (non-hydrogen) atoms. The first kappa shape index (κ1) is 11.3. The van der Waals surface area contributed by atoms with Gasteiger partial charge in [0.15, 0.2) is 0 Å². The van der Waals surface area contributed by atoms with Crippen molar-refractivity contribution in [3.05, 3.63) is 0 Å². The van der Waals surface area contributed by atoms with Gasteiger partial charge in [0.1, 0.15) is 0 Å². The summed E-state index contributed by atoms with van der Waals surface area (Å²) in [4.78, 5) is 12.9. The van der Waals surface area contributed by atoms with Crippen molar-refractivity contribution in [1.29, 1.82) is 0 Å². The highest BCUT2D eigenvalue weighted by Crippen LogP contribution is 2.15. The normalized spacial score (nSPS) is 18.7. The zero-order valence-corrected chi connectivity index (χ0v) is 9.16. The number of likely N-dealkylation sites (tertiary alicyclic amines) is 1. The van der Waals surface area contributed by atoms with Crippen molar-refractivity contribution in [3.63, 3.8) is 0 Å². The van der Waals surface area contributed by atoms with Crippen LogP contribution in [0.15, 0.2) is 0 Å². The van der Waals surface area contributed by atoms with Gasteiger partial charge in [-0.25, -0.2) is 4.79 Å². The van der Waals surface area contributed by atoms with E-state index in [4.69, 9.17) is 4.74 Å². The fourth-order valence-electron chi connectivity index (χ4n) is 1.69. The molecular weight excluding hydrogens is 182 g/mol. The van der Waals surface area contributed by atoms with Gasteiger partial charge < -0.3 is 14.4 Å². The van der Waals surface area contributed by atoms with Crippen LogP contribution in [-0.4, -0.2) is 43.4 Å². The van der Waals surface area contributed by atoms with Gasteiger partial charge in [0.05, 0.1) is 19.3 Å². The third-order valence-corrected chi connectivity index (χ3v) is 2.34. The molecule has 4 heteroatoms. The standard InChI is InChI=1S/C10H19NO3/c1-8(2)14-9-4-6-11(7-5-9)10(12)13-3/h8-9H,4-7H2,1-3H3. The number of methoxy groups -OCH3 is 1. The number of rotatable bonds is 2. The van der Waals surface area contributed by atoms with Gasteiger partial charge in [-0.3, -0.25) is 0 Å². The van der Waals surface area contributed by atoms with Crippen LogP contribution in [-0.2, 0) is 9.47 Å². The van der Waals surface area contributed by atoms with Crippen LogP contribution >= 0.6 is 0 Å². The first-order chi connectivity index (χ1) is 6.63. The van der Waals surface area contributed by atoms with Crippen LogP contribution < -0.4 is 0 Å². The van der Waals surface area contributed by atoms with Crippen molar-refractivity contribution >= 4 is 6.09 Å². The lowest BCUT2D eigenvalue weighted by molar-refractivity contribution is -0.0248. The van der Waals surface area contributed by atoms with Gasteiger partial charge in [-0.1, -0.05) is 0 Å². The number of ether oxygens (including phenoxy) is 2. The van der Waals surface area contributed by atoms with Crippen LogP contribution in [0.4, 0.5) is 4.79 Å². The fraction of sp³-hybridized carbons (Fsp3) is 0.900. The summed E-state index contributed by atoms with van der Waals surface area (Å²) in [7, 11) is 1.42. The SMILES string of the molecule is COC(=O)N1CCC(OC(C)C)CC1. The predicted octanol–water partition coefficient (Wildman–Crippen LogP) is 1.64. The molecule has 1 amide bonds. The molecule has 4 nitrogen and oxygen atoms in total. The molecule has 0 spiro atoms. The van der Waals surface area contributed by atoms with Crippen molar-refractivity contribution in [2.75, 3.05) is 20.2 Å². The molecule has 0 aromatic carbocycles. The molecule has 0 N–H and O–H groups in total. The molecule has 0 aromatic heterocycles. The number of carbonyl (C=O) groups is 1. The molecule has 0 aliphatic carbocycles. The van der Waals surface area contributed by atoms with E-state index < -0.39 is 0 Å². The van der Waals surface area contributed by atoms with Gasteiger partial charge in [0, 0.05) is 13.1 Å². The van der Waals surface area contributed by atoms with Gasteiger partial charge >= 0.3 is 6.09 Å². The first-order valence-corrected chi connectivity index (χ1v) is 5.12. The Bertz CT molecular complexity index is 186. The lowest BCUT2D eigenvalue weighted by Crippen LogP contribution is -2.41. The number of piperidine rings is 1. The Morgan fingerprint density at radius 3 is 2.36 bits per heavy atom. The highest BCUT2D eigenvalue weighted by atomic mass is 16.5. The van der Waals surface area contributed by atoms with Crippen LogP contribution in [0.1, 0.15) is 26.7 Å². The average molecular weight is 201 g/mol. The van der Waals surface area contributed by atoms with E-state index >= 15 is 0 Å². The molecule has 1 fully saturated rings. The van der Waals surface area contributed by atoms with Gasteiger partial charge in [0.2, 0.25) is 0 Å². The van der Waals surface area contributed by atoms with E-state index in [0.29, 0.717) is 6.10 Å². The summed E-state index contributed by atoms with van der Waals surface area (Å²) in [5.41, 5.74) is 0. The summed E-state index contributed by atoms with van der Waals surface area (Å²) >= 11 is 0. The molecule has 0 aromatic rings. The molecule has 82 valence electrons. The lowest BCUT2D eigenvalue weighted by Gasteiger charge is -2.31. The number of hydrogen-bond donors (Lipinski definition) is 0. The molecule has 0 unspecified atom stereocenters. The van der Waals surface area contributed by atoms with Gasteiger partial charge in [-0.15, -0.1) is 0 Å². The van der Waals surface area contributed by atoms with Gasteiger partial charge in [0.25, 0.3) is 0 Å². The second-order valence-electron chi connectivity index (χ2n) is 3.84. The number of amides is 1. The first-order valence-electron chi connectivity index (χ1n) is 5.12. The Hall–Kier alpha value is -0.770. The molecule has 1 rings (SSSR count). The maximum atomic E-state index is 11.2. The van der Waals surface area contributed by atoms with Crippen molar-refractivity contribution in [3.8, 4) is 0 Å². The van der Waals surface area contributed by atoms with Crippen molar-refractivity contribution in [2.24, 2.45) is 0 Å². The maximum Gasteiger partial charge on any atom is 0.409 e. The van der Waals surface area contributed by atoms with E-state index in [1.165, 1.54) is 7.11 Å². The minimum Gasteiger partial charge on any atom is -0.453 e. The zero-order chi connectivity index (χ0) is 10.6. The number of carbonyl (C=O) groups excluding carboxylic acids is 1. The fourth-order valence-corrected chi connectivity index (χ4v) is 1.69. The van der Waals surface area contributed by atoms with Crippen molar-refractivity contribution in [1.82, 2.24) is 4.90 Å². The molecule has 0 bridgehead atoms. The Kier molecular flexibility index (Phi) is 4.20. The van der Waals surface area contributed by atoms with Crippen molar-refractivity contribution in [2.45, 2.75) is 38.9 Å². The summed E-state index contributed by atoms with van der Waals surface area (Å²) in [6.07, 6.45) is 2.16. The molecule has 1 saturated heterocycles. The summed E-state index contributed by atoms with van der Waals surface area (Å²) in [6, 6.07) is 0. The third-order valence-electron chi connectivity index (χ3n) is 2.34. The summed E-state index contributed by atoms with van der Waals surface area (Å²) in [5.74, 6) is 0. The average Bonchev–Trinajstić information content (AvgIpc) is 2.17. The molecule has 1 heterocycles. The third kappa shape index (κ3) is 3.18. The molecule has 0 radical (unpaired) electrons. The minimum absolute atomic E-state index is 0.229. The maximum absolute atomic E-state index is 11.2. The number of nitrogens with zero attached hydrogens (tertiary/aromatic N) is 1. The predicted molar refractivity (Wildman–Crippen MR) is 53.2 cm³/mol. The van der Waals surface area contributed by atoms with Gasteiger partial charge in [-0.05, 0) is 26.7 Å². The number of hydrogen-bond acceptors (Lipinski definition) is 3. The van der Waals surface area contributed by atoms with E-state index in [9.17, 15) is 4.79 Å². The monoisotopic (exact) mass is 201 g/mol. The Morgan fingerprint density at radius 1 is 1.36 bits per heavy atom. The molecule has 0 atom stereocenters. The van der Waals surface area contributed by atoms with E-state index in [0.717, 1.165) is 25.9 Å². The summed E-state index contributed by atoms with van der Waals surface area (Å²) in [5, 5.41) is 0. The summed E-state index contributed by atoms with van der Waals surface area (Å²) in [6.45, 7) is 5.55. The van der Waals surface area contributed by atoms with Crippen LogP contribution in [0, 0.1) is 0 Å². The smallest absolute Gasteiger partial charge is 0.409 e. The molecular formula is C10H19NO3. The van der Waals surface area contributed by atoms with E-state index in [1.807, 2.05) is 13.8 Å². The molecule has 0 saturated carbocycles. The van der Waals surface area contributed by atoms with Crippen LogP contribution in [0.25, 0.3) is 0 Å². The molecule has 1 aliphatic heterocycles. The lowest BCUT2D eigenvalue weighted by atomic mass is 10.1. The van der Waals surface area contributed by atoms with Crippen LogP contribution in [0.5, 0.6) is 0 Å². The zero-order valence-electron chi connectivity index (χ0n) is 9.16. The van der Waals surface area contributed by atoms with Gasteiger partial charge in [-0.2, -0.15) is 0 Å². The minimum atomic E-state index is -0.229. The largest absolute Gasteiger partial charge is 0.453 e. The van der Waals surface area contributed by atoms with Crippen LogP contribution in [0.3, 0.4) is 0 Å². The highest BCUT2D eigenvalue weighted by Gasteiger charge is 2.23. The second-order valence-corrected chi connectivity index (χ2v) is 3.84. The van der Waals surface area contributed by atoms with E-state index in [2.05, 4.69) is 4.74 Å². The Morgan fingerprint density at radius 2 is 1.93 bits per heavy atom. The topological polar surface area (TPSA) is 38.8 Å². The summed E-state index contributed by atoms with van der Waals surface area (Å²) < 4.78 is 10.3. The highest BCUT2D eigenvalue weighted by molar-refractivity contribution is 5.67. The van der Waals surface area contributed by atoms with E-state index in [-0.39, 0.29) is 12.2 Å². The van der Waals surface area contributed by atoms with E-state index in [1.54, 1.807) is 4.90 Å². The Balaban J connectivity index is 2.27.